The zero-order chi connectivity index (χ0) is 19.3. The van der Waals surface area contributed by atoms with Crippen molar-refractivity contribution in [3.63, 3.8) is 0 Å². The van der Waals surface area contributed by atoms with Crippen LogP contribution in [0.5, 0.6) is 0 Å². The average molecular weight is 381 g/mol. The Morgan fingerprint density at radius 3 is 2.38 bits per heavy atom. The highest BCUT2D eigenvalue weighted by molar-refractivity contribution is 7.92. The second-order valence-electron chi connectivity index (χ2n) is 5.21. The van der Waals surface area contributed by atoms with E-state index in [4.69, 9.17) is 4.74 Å². The summed E-state index contributed by atoms with van der Waals surface area (Å²) in [5.41, 5.74) is 0.112. The van der Waals surface area contributed by atoms with Crippen LogP contribution < -0.4 is 4.72 Å². The van der Waals surface area contributed by atoms with Crippen molar-refractivity contribution < 1.29 is 31.9 Å². The monoisotopic (exact) mass is 381 g/mol. The first-order valence-electron chi connectivity index (χ1n) is 7.40. The molecule has 0 spiro atoms. The number of anilines is 1. The van der Waals surface area contributed by atoms with Crippen molar-refractivity contribution in [1.29, 1.82) is 0 Å². The van der Waals surface area contributed by atoms with E-state index in [9.17, 15) is 22.4 Å². The van der Waals surface area contributed by atoms with E-state index in [1.807, 2.05) is 0 Å². The Hall–Kier alpha value is -2.94. The van der Waals surface area contributed by atoms with Gasteiger partial charge in [-0.15, -0.1) is 0 Å². The molecule has 0 bridgehead atoms. The van der Waals surface area contributed by atoms with Gasteiger partial charge in [-0.3, -0.25) is 4.72 Å². The zero-order valence-corrected chi connectivity index (χ0v) is 14.7. The van der Waals surface area contributed by atoms with Crippen LogP contribution in [0.1, 0.15) is 17.3 Å². The Morgan fingerprint density at radius 2 is 1.77 bits per heavy atom. The minimum Gasteiger partial charge on any atom is -0.466 e. The maximum Gasteiger partial charge on any atom is 0.346 e. The Labute approximate surface area is 149 Å². The molecule has 138 valence electrons. The largest absolute Gasteiger partial charge is 0.466 e. The summed E-state index contributed by atoms with van der Waals surface area (Å²) in [5, 5.41) is 0. The van der Waals surface area contributed by atoms with Crippen molar-refractivity contribution in [2.24, 2.45) is 0 Å². The van der Waals surface area contributed by atoms with Crippen LogP contribution in [-0.2, 0) is 24.3 Å². The number of halogens is 1. The van der Waals surface area contributed by atoms with E-state index in [1.54, 1.807) is 0 Å². The zero-order valence-electron chi connectivity index (χ0n) is 13.9. The Balaban J connectivity index is 2.20. The number of hydrogen-bond donors (Lipinski definition) is 1. The molecule has 0 fully saturated rings. The molecule has 0 aliphatic heterocycles. The summed E-state index contributed by atoms with van der Waals surface area (Å²) in [6.45, 7) is 1.33. The molecule has 0 saturated carbocycles. The average Bonchev–Trinajstić information content (AvgIpc) is 2.62. The van der Waals surface area contributed by atoms with Gasteiger partial charge in [0.1, 0.15) is 5.82 Å². The standard InChI is InChI=1S/C17H16FNO6S/c1-11(16(20)24-2)25-17(21)12-4-3-5-15(10-12)26(22,23)19-14-8-6-13(18)7-9-14/h3-11,19H,1-2H3/t11-/m0/s1. The molecule has 2 aromatic carbocycles. The lowest BCUT2D eigenvalue weighted by atomic mass is 10.2. The smallest absolute Gasteiger partial charge is 0.346 e. The number of rotatable bonds is 6. The van der Waals surface area contributed by atoms with Gasteiger partial charge in [-0.1, -0.05) is 6.07 Å². The molecular formula is C17H16FNO6S. The fraction of sp³-hybridized carbons (Fsp3) is 0.176. The molecule has 0 aliphatic carbocycles. The fourth-order valence-electron chi connectivity index (χ4n) is 1.96. The van der Waals surface area contributed by atoms with Crippen LogP contribution >= 0.6 is 0 Å². The third-order valence-corrected chi connectivity index (χ3v) is 4.67. The van der Waals surface area contributed by atoms with Gasteiger partial charge in [0.05, 0.1) is 17.6 Å². The SMILES string of the molecule is COC(=O)[C@H](C)OC(=O)c1cccc(S(=O)(=O)Nc2ccc(F)cc2)c1. The molecule has 2 aromatic rings. The van der Waals surface area contributed by atoms with Crippen LogP contribution in [0.4, 0.5) is 10.1 Å². The summed E-state index contributed by atoms with van der Waals surface area (Å²) >= 11 is 0. The minimum absolute atomic E-state index is 0.0530. The number of esters is 2. The molecule has 0 saturated heterocycles. The number of sulfonamides is 1. The lowest BCUT2D eigenvalue weighted by Crippen LogP contribution is -2.25. The second-order valence-corrected chi connectivity index (χ2v) is 6.89. The third kappa shape index (κ3) is 4.79. The van der Waals surface area contributed by atoms with Crippen molar-refractivity contribution in [3.8, 4) is 0 Å². The molecule has 9 heteroatoms. The van der Waals surface area contributed by atoms with Gasteiger partial charge in [-0.05, 0) is 49.4 Å². The Morgan fingerprint density at radius 1 is 1.12 bits per heavy atom. The highest BCUT2D eigenvalue weighted by atomic mass is 32.2. The maximum atomic E-state index is 12.9. The molecule has 1 N–H and O–H groups in total. The minimum atomic E-state index is -4.00. The van der Waals surface area contributed by atoms with Crippen LogP contribution in [0.25, 0.3) is 0 Å². The van der Waals surface area contributed by atoms with Crippen LogP contribution in [-0.4, -0.2) is 33.6 Å². The Bertz CT molecular complexity index is 911. The lowest BCUT2D eigenvalue weighted by Gasteiger charge is -2.12. The van der Waals surface area contributed by atoms with Gasteiger partial charge < -0.3 is 9.47 Å². The quantitative estimate of drug-likeness (QED) is 0.771. The summed E-state index contributed by atoms with van der Waals surface area (Å²) in [7, 11) is -2.85. The number of carbonyl (C=O) groups excluding carboxylic acids is 2. The molecule has 0 amide bonds. The summed E-state index contributed by atoms with van der Waals surface area (Å²) < 4.78 is 49.4. The molecule has 0 radical (unpaired) electrons. The van der Waals surface area contributed by atoms with Crippen LogP contribution in [0.15, 0.2) is 53.4 Å². The van der Waals surface area contributed by atoms with Gasteiger partial charge in [-0.2, -0.15) is 0 Å². The predicted molar refractivity (Wildman–Crippen MR) is 90.5 cm³/mol. The number of nitrogens with one attached hydrogen (secondary N) is 1. The number of ether oxygens (including phenoxy) is 2. The van der Waals surface area contributed by atoms with E-state index in [0.29, 0.717) is 0 Å². The van der Waals surface area contributed by atoms with Gasteiger partial charge >= 0.3 is 11.9 Å². The molecule has 26 heavy (non-hydrogen) atoms. The van der Waals surface area contributed by atoms with Crippen LogP contribution in [0.3, 0.4) is 0 Å². The molecule has 0 heterocycles. The first kappa shape index (κ1) is 19.4. The molecular weight excluding hydrogens is 365 g/mol. The maximum absolute atomic E-state index is 12.9. The Kier molecular flexibility index (Phi) is 5.93. The highest BCUT2D eigenvalue weighted by Crippen LogP contribution is 2.18. The van der Waals surface area contributed by atoms with Gasteiger partial charge in [0.25, 0.3) is 10.0 Å². The molecule has 0 aliphatic rings. The summed E-state index contributed by atoms with van der Waals surface area (Å²) in [6.07, 6.45) is -1.13. The second kappa shape index (κ2) is 7.96. The van der Waals surface area contributed by atoms with Gasteiger partial charge in [-0.25, -0.2) is 22.4 Å². The summed E-state index contributed by atoms with van der Waals surface area (Å²) in [6, 6.07) is 9.86. The van der Waals surface area contributed by atoms with Gasteiger partial charge in [0.2, 0.25) is 0 Å². The molecule has 2 rings (SSSR count). The fourth-order valence-corrected chi connectivity index (χ4v) is 3.07. The van der Waals surface area contributed by atoms with E-state index in [2.05, 4.69) is 9.46 Å². The van der Waals surface area contributed by atoms with E-state index < -0.39 is 33.9 Å². The van der Waals surface area contributed by atoms with Crippen molar-refractivity contribution in [1.82, 2.24) is 0 Å². The van der Waals surface area contributed by atoms with Crippen molar-refractivity contribution in [2.75, 3.05) is 11.8 Å². The van der Waals surface area contributed by atoms with Gasteiger partial charge in [0, 0.05) is 5.69 Å². The molecule has 0 unspecified atom stereocenters. The first-order valence-corrected chi connectivity index (χ1v) is 8.88. The van der Waals surface area contributed by atoms with Gasteiger partial charge in [0.15, 0.2) is 6.10 Å². The van der Waals surface area contributed by atoms with E-state index >= 15 is 0 Å². The molecule has 1 atom stereocenters. The highest BCUT2D eigenvalue weighted by Gasteiger charge is 2.21. The van der Waals surface area contributed by atoms with Crippen LogP contribution in [0.2, 0.25) is 0 Å². The molecule has 7 nitrogen and oxygen atoms in total. The topological polar surface area (TPSA) is 98.8 Å². The van der Waals surface area contributed by atoms with E-state index in [-0.39, 0.29) is 16.1 Å². The predicted octanol–water partition coefficient (Wildman–Crippen LogP) is 2.34. The number of carbonyl (C=O) groups is 2. The summed E-state index contributed by atoms with van der Waals surface area (Å²) in [5.74, 6) is -2.11. The third-order valence-electron chi connectivity index (χ3n) is 3.29. The van der Waals surface area contributed by atoms with E-state index in [0.717, 1.165) is 25.3 Å². The number of hydrogen-bond acceptors (Lipinski definition) is 6. The van der Waals surface area contributed by atoms with Crippen molar-refractivity contribution >= 4 is 27.6 Å². The molecule has 0 aromatic heterocycles. The van der Waals surface area contributed by atoms with Crippen LogP contribution in [0, 0.1) is 5.82 Å². The van der Waals surface area contributed by atoms with E-state index in [1.165, 1.54) is 37.3 Å². The van der Waals surface area contributed by atoms with Crippen molar-refractivity contribution in [2.45, 2.75) is 17.9 Å². The first-order chi connectivity index (χ1) is 12.2. The summed E-state index contributed by atoms with van der Waals surface area (Å²) in [4.78, 5) is 23.2. The number of methoxy groups -OCH3 is 1. The van der Waals surface area contributed by atoms with Crippen molar-refractivity contribution in [3.05, 3.63) is 59.9 Å². The number of benzene rings is 2. The normalized spacial score (nSPS) is 12.1. The lowest BCUT2D eigenvalue weighted by molar-refractivity contribution is -0.149.